The van der Waals surface area contributed by atoms with Crippen LogP contribution in [0, 0.1) is 11.7 Å². The molecule has 0 amide bonds. The summed E-state index contributed by atoms with van der Waals surface area (Å²) in [6.45, 7) is 2.27. The van der Waals surface area contributed by atoms with Gasteiger partial charge in [0.15, 0.2) is 0 Å². The van der Waals surface area contributed by atoms with Crippen LogP contribution in [0.4, 0.5) is 4.39 Å². The lowest BCUT2D eigenvalue weighted by atomic mass is 9.86. The van der Waals surface area contributed by atoms with E-state index >= 15 is 0 Å². The Kier molecular flexibility index (Phi) is 2.85. The van der Waals surface area contributed by atoms with Crippen molar-refractivity contribution in [3.63, 3.8) is 0 Å². The van der Waals surface area contributed by atoms with Crippen molar-refractivity contribution in [2.45, 2.75) is 38.5 Å². The molecule has 1 aliphatic carbocycles. The Balaban J connectivity index is 2.09. The predicted molar refractivity (Wildman–Crippen MR) is 56.8 cm³/mol. The average molecular weight is 192 g/mol. The van der Waals surface area contributed by atoms with Gasteiger partial charge < -0.3 is 0 Å². The molecule has 0 aromatic heterocycles. The van der Waals surface area contributed by atoms with Crippen molar-refractivity contribution in [1.29, 1.82) is 0 Å². The summed E-state index contributed by atoms with van der Waals surface area (Å²) in [6, 6.07) is 7.00. The van der Waals surface area contributed by atoms with E-state index in [1.54, 1.807) is 12.1 Å². The van der Waals surface area contributed by atoms with Crippen LogP contribution in [0.25, 0.3) is 0 Å². The van der Waals surface area contributed by atoms with Gasteiger partial charge in [0.1, 0.15) is 5.82 Å². The number of rotatable bonds is 2. The first kappa shape index (κ1) is 9.70. The maximum Gasteiger partial charge on any atom is 0.123 e. The summed E-state index contributed by atoms with van der Waals surface area (Å²) in [5, 5.41) is 0. The fourth-order valence-electron chi connectivity index (χ4n) is 2.50. The van der Waals surface area contributed by atoms with Gasteiger partial charge >= 0.3 is 0 Å². The molecule has 1 fully saturated rings. The monoisotopic (exact) mass is 192 g/mol. The Hall–Kier alpha value is -0.850. The van der Waals surface area contributed by atoms with E-state index < -0.39 is 0 Å². The molecule has 1 atom stereocenters. The van der Waals surface area contributed by atoms with Gasteiger partial charge in [-0.2, -0.15) is 0 Å². The molecule has 0 aliphatic heterocycles. The summed E-state index contributed by atoms with van der Waals surface area (Å²) in [5.74, 6) is 1.28. The fraction of sp³-hybridized carbons (Fsp3) is 0.538. The van der Waals surface area contributed by atoms with Crippen molar-refractivity contribution in [2.24, 2.45) is 5.92 Å². The minimum Gasteiger partial charge on any atom is -0.207 e. The normalized spacial score (nSPS) is 19.9. The van der Waals surface area contributed by atoms with Crippen LogP contribution in [-0.2, 0) is 0 Å². The Bertz CT molecular complexity index is 283. The highest BCUT2D eigenvalue weighted by Crippen LogP contribution is 2.36. The summed E-state index contributed by atoms with van der Waals surface area (Å²) >= 11 is 0. The molecule has 0 radical (unpaired) electrons. The number of benzene rings is 1. The summed E-state index contributed by atoms with van der Waals surface area (Å²) in [4.78, 5) is 0. The van der Waals surface area contributed by atoms with Gasteiger partial charge in [-0.25, -0.2) is 4.39 Å². The lowest BCUT2D eigenvalue weighted by Crippen LogP contribution is -2.05. The second-order valence-corrected chi connectivity index (χ2v) is 4.38. The van der Waals surface area contributed by atoms with Crippen molar-refractivity contribution in [2.75, 3.05) is 0 Å². The molecule has 1 heteroatoms. The zero-order chi connectivity index (χ0) is 9.97. The van der Waals surface area contributed by atoms with Gasteiger partial charge in [-0.3, -0.25) is 0 Å². The molecule has 0 N–H and O–H groups in total. The third kappa shape index (κ3) is 1.97. The van der Waals surface area contributed by atoms with Gasteiger partial charge in [-0.05, 0) is 42.4 Å². The van der Waals surface area contributed by atoms with Gasteiger partial charge in [-0.1, -0.05) is 31.9 Å². The van der Waals surface area contributed by atoms with E-state index in [9.17, 15) is 4.39 Å². The summed E-state index contributed by atoms with van der Waals surface area (Å²) in [6.07, 6.45) is 5.43. The first-order chi connectivity index (χ1) is 6.77. The minimum atomic E-state index is -0.132. The highest BCUT2D eigenvalue weighted by atomic mass is 19.1. The highest BCUT2D eigenvalue weighted by molar-refractivity contribution is 5.20. The molecule has 0 heterocycles. The van der Waals surface area contributed by atoms with Crippen LogP contribution in [0.1, 0.15) is 44.1 Å². The zero-order valence-corrected chi connectivity index (χ0v) is 8.67. The van der Waals surface area contributed by atoms with E-state index in [2.05, 4.69) is 6.92 Å². The number of halogens is 1. The largest absolute Gasteiger partial charge is 0.207 e. The third-order valence-electron chi connectivity index (χ3n) is 3.50. The minimum absolute atomic E-state index is 0.132. The summed E-state index contributed by atoms with van der Waals surface area (Å²) < 4.78 is 12.7. The maximum absolute atomic E-state index is 12.7. The molecule has 1 saturated carbocycles. The Morgan fingerprint density at radius 1 is 1.14 bits per heavy atom. The molecular weight excluding hydrogens is 175 g/mol. The van der Waals surface area contributed by atoms with Crippen LogP contribution in [-0.4, -0.2) is 0 Å². The van der Waals surface area contributed by atoms with E-state index in [1.807, 2.05) is 12.1 Å². The smallest absolute Gasteiger partial charge is 0.123 e. The Morgan fingerprint density at radius 3 is 2.29 bits per heavy atom. The first-order valence-electron chi connectivity index (χ1n) is 5.53. The van der Waals surface area contributed by atoms with Gasteiger partial charge in [0, 0.05) is 0 Å². The van der Waals surface area contributed by atoms with Crippen molar-refractivity contribution < 1.29 is 4.39 Å². The molecule has 76 valence electrons. The fourth-order valence-corrected chi connectivity index (χ4v) is 2.50. The van der Waals surface area contributed by atoms with Crippen LogP contribution in [0.2, 0.25) is 0 Å². The lowest BCUT2D eigenvalue weighted by molar-refractivity contribution is 0.460. The molecule has 1 aromatic carbocycles. The molecule has 0 nitrogen and oxygen atoms in total. The van der Waals surface area contributed by atoms with Gasteiger partial charge in [0.05, 0.1) is 0 Å². The zero-order valence-electron chi connectivity index (χ0n) is 8.67. The number of hydrogen-bond donors (Lipinski definition) is 0. The lowest BCUT2D eigenvalue weighted by Gasteiger charge is -2.18. The van der Waals surface area contributed by atoms with Gasteiger partial charge in [-0.15, -0.1) is 0 Å². The van der Waals surface area contributed by atoms with Gasteiger partial charge in [0.25, 0.3) is 0 Å². The van der Waals surface area contributed by atoms with E-state index in [-0.39, 0.29) is 5.82 Å². The first-order valence-corrected chi connectivity index (χ1v) is 5.53. The second-order valence-electron chi connectivity index (χ2n) is 4.38. The quantitative estimate of drug-likeness (QED) is 0.661. The van der Waals surface area contributed by atoms with Crippen molar-refractivity contribution in [3.8, 4) is 0 Å². The standard InChI is InChI=1S/C13H17F/c1-10(11-4-2-3-5-11)12-6-8-13(14)9-7-12/h6-11H,2-5H2,1H3. The third-order valence-corrected chi connectivity index (χ3v) is 3.50. The average Bonchev–Trinajstić information content (AvgIpc) is 2.71. The number of hydrogen-bond acceptors (Lipinski definition) is 0. The SMILES string of the molecule is CC(c1ccc(F)cc1)C1CCCC1. The van der Waals surface area contributed by atoms with E-state index in [0.29, 0.717) is 5.92 Å². The summed E-state index contributed by atoms with van der Waals surface area (Å²) in [5.41, 5.74) is 1.29. The van der Waals surface area contributed by atoms with Crippen molar-refractivity contribution in [3.05, 3.63) is 35.6 Å². The second kappa shape index (κ2) is 4.12. The van der Waals surface area contributed by atoms with Gasteiger partial charge in [0.2, 0.25) is 0 Å². The van der Waals surface area contributed by atoms with E-state index in [4.69, 9.17) is 0 Å². The van der Waals surface area contributed by atoms with Crippen molar-refractivity contribution >= 4 is 0 Å². The van der Waals surface area contributed by atoms with E-state index in [0.717, 1.165) is 5.92 Å². The molecule has 1 aromatic rings. The predicted octanol–water partition coefficient (Wildman–Crippen LogP) is 4.12. The van der Waals surface area contributed by atoms with Crippen LogP contribution >= 0.6 is 0 Å². The van der Waals surface area contributed by atoms with E-state index in [1.165, 1.54) is 31.2 Å². The molecule has 0 bridgehead atoms. The molecule has 2 rings (SSSR count). The molecule has 1 aliphatic rings. The topological polar surface area (TPSA) is 0 Å². The Labute approximate surface area is 85.1 Å². The molecule has 0 saturated heterocycles. The highest BCUT2D eigenvalue weighted by Gasteiger charge is 2.22. The van der Waals surface area contributed by atoms with Crippen molar-refractivity contribution in [1.82, 2.24) is 0 Å². The van der Waals surface area contributed by atoms with Crippen LogP contribution in [0.3, 0.4) is 0 Å². The molecule has 14 heavy (non-hydrogen) atoms. The summed E-state index contributed by atoms with van der Waals surface area (Å²) in [7, 11) is 0. The molecular formula is C13H17F. The Morgan fingerprint density at radius 2 is 1.71 bits per heavy atom. The molecule has 1 unspecified atom stereocenters. The van der Waals surface area contributed by atoms with Crippen LogP contribution in [0.15, 0.2) is 24.3 Å². The van der Waals surface area contributed by atoms with Crippen LogP contribution < -0.4 is 0 Å². The maximum atomic E-state index is 12.7. The van der Waals surface area contributed by atoms with Crippen LogP contribution in [0.5, 0.6) is 0 Å². The molecule has 0 spiro atoms.